The second-order valence-corrected chi connectivity index (χ2v) is 4.24. The Kier molecular flexibility index (Phi) is 3.02. The van der Waals surface area contributed by atoms with Crippen molar-refractivity contribution in [2.45, 2.75) is 37.6 Å². The van der Waals surface area contributed by atoms with Crippen molar-refractivity contribution in [2.75, 3.05) is 26.3 Å². The van der Waals surface area contributed by atoms with E-state index >= 15 is 0 Å². The number of alkyl halides is 2. The Balaban J connectivity index is 1.82. The standard InChI is InChI=1S/C10H17F2NO/c11-10(12)3-5-13(6-4-10)9-1-7-14-8-2-9/h9H,1-8H2. The maximum Gasteiger partial charge on any atom is 0.250 e. The molecule has 0 aromatic rings. The van der Waals surface area contributed by atoms with E-state index in [-0.39, 0.29) is 12.8 Å². The largest absolute Gasteiger partial charge is 0.381 e. The Morgan fingerprint density at radius 1 is 1.07 bits per heavy atom. The number of hydrogen-bond acceptors (Lipinski definition) is 2. The van der Waals surface area contributed by atoms with Gasteiger partial charge in [-0.2, -0.15) is 0 Å². The molecule has 2 nitrogen and oxygen atoms in total. The lowest BCUT2D eigenvalue weighted by Crippen LogP contribution is -2.46. The van der Waals surface area contributed by atoms with Crippen LogP contribution in [0.4, 0.5) is 8.78 Å². The van der Waals surface area contributed by atoms with Crippen LogP contribution in [-0.2, 0) is 4.74 Å². The first-order chi connectivity index (χ1) is 6.67. The minimum atomic E-state index is -2.42. The van der Waals surface area contributed by atoms with Gasteiger partial charge in [-0.25, -0.2) is 8.78 Å². The van der Waals surface area contributed by atoms with Crippen LogP contribution in [0.25, 0.3) is 0 Å². The van der Waals surface area contributed by atoms with Crippen LogP contribution in [-0.4, -0.2) is 43.2 Å². The molecule has 0 amide bonds. The lowest BCUT2D eigenvalue weighted by atomic mass is 10.0. The monoisotopic (exact) mass is 205 g/mol. The highest BCUT2D eigenvalue weighted by molar-refractivity contribution is 4.83. The molecule has 0 aromatic heterocycles. The Hall–Kier alpha value is -0.220. The van der Waals surface area contributed by atoms with E-state index in [2.05, 4.69) is 4.90 Å². The summed E-state index contributed by atoms with van der Waals surface area (Å²) in [5, 5.41) is 0. The van der Waals surface area contributed by atoms with Gasteiger partial charge in [-0.3, -0.25) is 4.90 Å². The van der Waals surface area contributed by atoms with Crippen LogP contribution in [0.2, 0.25) is 0 Å². The highest BCUT2D eigenvalue weighted by Gasteiger charge is 2.36. The molecule has 0 atom stereocenters. The molecule has 2 heterocycles. The zero-order valence-corrected chi connectivity index (χ0v) is 8.35. The van der Waals surface area contributed by atoms with Crippen molar-refractivity contribution >= 4 is 0 Å². The number of piperidine rings is 1. The maximum absolute atomic E-state index is 12.9. The Bertz CT molecular complexity index is 183. The third kappa shape index (κ3) is 2.42. The molecule has 2 rings (SSSR count). The normalized spacial score (nSPS) is 30.4. The fraction of sp³-hybridized carbons (Fsp3) is 1.00. The molecule has 2 saturated heterocycles. The lowest BCUT2D eigenvalue weighted by molar-refractivity contribution is -0.0727. The van der Waals surface area contributed by atoms with Crippen molar-refractivity contribution < 1.29 is 13.5 Å². The van der Waals surface area contributed by atoms with E-state index in [1.165, 1.54) is 0 Å². The summed E-state index contributed by atoms with van der Waals surface area (Å²) in [7, 11) is 0. The summed E-state index contributed by atoms with van der Waals surface area (Å²) < 4.78 is 31.0. The fourth-order valence-electron chi connectivity index (χ4n) is 2.27. The van der Waals surface area contributed by atoms with Crippen LogP contribution >= 0.6 is 0 Å². The SMILES string of the molecule is FC1(F)CCN(C2CCOCC2)CC1. The van der Waals surface area contributed by atoms with E-state index in [4.69, 9.17) is 4.74 Å². The van der Waals surface area contributed by atoms with Crippen LogP contribution in [0.5, 0.6) is 0 Å². The van der Waals surface area contributed by atoms with Crippen molar-refractivity contribution in [1.82, 2.24) is 4.90 Å². The van der Waals surface area contributed by atoms with Gasteiger partial charge in [-0.1, -0.05) is 0 Å². The van der Waals surface area contributed by atoms with Crippen molar-refractivity contribution in [3.63, 3.8) is 0 Å². The summed E-state index contributed by atoms with van der Waals surface area (Å²) >= 11 is 0. The van der Waals surface area contributed by atoms with Crippen molar-refractivity contribution in [3.05, 3.63) is 0 Å². The molecule has 0 unspecified atom stereocenters. The molecule has 0 bridgehead atoms. The van der Waals surface area contributed by atoms with Gasteiger partial charge < -0.3 is 4.74 Å². The van der Waals surface area contributed by atoms with Gasteiger partial charge in [0.1, 0.15) is 0 Å². The Labute approximate surface area is 83.2 Å². The molecule has 2 aliphatic rings. The minimum Gasteiger partial charge on any atom is -0.381 e. The average Bonchev–Trinajstić information content (AvgIpc) is 2.19. The van der Waals surface area contributed by atoms with E-state index < -0.39 is 5.92 Å². The summed E-state index contributed by atoms with van der Waals surface area (Å²) in [6, 6.07) is 0.486. The molecule has 4 heteroatoms. The minimum absolute atomic E-state index is 0.0321. The van der Waals surface area contributed by atoms with E-state index in [0.717, 1.165) is 26.1 Å². The van der Waals surface area contributed by atoms with Gasteiger partial charge in [-0.05, 0) is 12.8 Å². The van der Waals surface area contributed by atoms with Crippen LogP contribution in [0.1, 0.15) is 25.7 Å². The van der Waals surface area contributed by atoms with Crippen LogP contribution in [0.3, 0.4) is 0 Å². The molecule has 2 aliphatic heterocycles. The molecule has 82 valence electrons. The quantitative estimate of drug-likeness (QED) is 0.648. The highest BCUT2D eigenvalue weighted by Crippen LogP contribution is 2.30. The first-order valence-corrected chi connectivity index (χ1v) is 5.37. The maximum atomic E-state index is 12.9. The van der Waals surface area contributed by atoms with Gasteiger partial charge in [-0.15, -0.1) is 0 Å². The topological polar surface area (TPSA) is 12.5 Å². The number of hydrogen-bond donors (Lipinski definition) is 0. The Morgan fingerprint density at radius 2 is 1.64 bits per heavy atom. The predicted molar refractivity (Wildman–Crippen MR) is 49.6 cm³/mol. The van der Waals surface area contributed by atoms with Crippen molar-refractivity contribution in [1.29, 1.82) is 0 Å². The van der Waals surface area contributed by atoms with E-state index in [1.807, 2.05) is 0 Å². The second kappa shape index (κ2) is 4.11. The molecular weight excluding hydrogens is 188 g/mol. The van der Waals surface area contributed by atoms with Gasteiger partial charge in [0.15, 0.2) is 0 Å². The van der Waals surface area contributed by atoms with E-state index in [0.29, 0.717) is 19.1 Å². The Morgan fingerprint density at radius 3 is 2.21 bits per heavy atom. The molecule has 0 aliphatic carbocycles. The molecule has 0 radical (unpaired) electrons. The summed E-state index contributed by atoms with van der Waals surface area (Å²) in [6.07, 6.45) is 2.08. The number of rotatable bonds is 1. The van der Waals surface area contributed by atoms with Crippen LogP contribution < -0.4 is 0 Å². The molecule has 14 heavy (non-hydrogen) atoms. The summed E-state index contributed by atoms with van der Waals surface area (Å²) in [4.78, 5) is 2.21. The summed E-state index contributed by atoms with van der Waals surface area (Å²) in [6.45, 7) is 2.68. The number of likely N-dealkylation sites (tertiary alicyclic amines) is 1. The first-order valence-electron chi connectivity index (χ1n) is 5.37. The highest BCUT2D eigenvalue weighted by atomic mass is 19.3. The first kappa shape index (κ1) is 10.3. The number of halogens is 2. The van der Waals surface area contributed by atoms with Crippen molar-refractivity contribution in [3.8, 4) is 0 Å². The second-order valence-electron chi connectivity index (χ2n) is 4.24. The molecule has 0 N–H and O–H groups in total. The lowest BCUT2D eigenvalue weighted by Gasteiger charge is -2.39. The average molecular weight is 205 g/mol. The smallest absolute Gasteiger partial charge is 0.250 e. The molecule has 0 saturated carbocycles. The van der Waals surface area contributed by atoms with Crippen molar-refractivity contribution in [2.24, 2.45) is 0 Å². The van der Waals surface area contributed by atoms with Gasteiger partial charge >= 0.3 is 0 Å². The number of ether oxygens (including phenoxy) is 1. The molecule has 0 spiro atoms. The summed E-state index contributed by atoms with van der Waals surface area (Å²) in [5.74, 6) is -2.42. The van der Waals surface area contributed by atoms with Gasteiger partial charge in [0, 0.05) is 45.2 Å². The van der Waals surface area contributed by atoms with Gasteiger partial charge in [0.2, 0.25) is 0 Å². The predicted octanol–water partition coefficient (Wildman–Crippen LogP) is 1.90. The molecule has 0 aromatic carbocycles. The van der Waals surface area contributed by atoms with Crippen LogP contribution in [0.15, 0.2) is 0 Å². The van der Waals surface area contributed by atoms with Gasteiger partial charge in [0.25, 0.3) is 5.92 Å². The van der Waals surface area contributed by atoms with E-state index in [9.17, 15) is 8.78 Å². The third-order valence-electron chi connectivity index (χ3n) is 3.24. The molecule has 2 fully saturated rings. The number of nitrogens with zero attached hydrogens (tertiary/aromatic N) is 1. The zero-order valence-electron chi connectivity index (χ0n) is 8.35. The zero-order chi connectivity index (χ0) is 10.0. The molecular formula is C10H17F2NO. The van der Waals surface area contributed by atoms with Crippen LogP contribution in [0, 0.1) is 0 Å². The fourth-order valence-corrected chi connectivity index (χ4v) is 2.27. The third-order valence-corrected chi connectivity index (χ3v) is 3.24. The van der Waals surface area contributed by atoms with Gasteiger partial charge in [0.05, 0.1) is 0 Å². The summed E-state index contributed by atoms with van der Waals surface area (Å²) in [5.41, 5.74) is 0. The van der Waals surface area contributed by atoms with E-state index in [1.54, 1.807) is 0 Å².